The summed E-state index contributed by atoms with van der Waals surface area (Å²) in [5.74, 6) is 4.24. The first-order valence-corrected chi connectivity index (χ1v) is 4.28. The van der Waals surface area contributed by atoms with Crippen molar-refractivity contribution in [2.24, 2.45) is 0 Å². The molecule has 84 valence electrons. The van der Waals surface area contributed by atoms with E-state index in [1.165, 1.54) is 0 Å². The molecule has 1 N–H and O–H groups in total. The Kier molecular flexibility index (Phi) is 3.56. The molecule has 2 nitrogen and oxygen atoms in total. The fraction of sp³-hybridized carbons (Fsp3) is 0.182. The molecule has 0 saturated heterocycles. The number of rotatable bonds is 1. The topological polar surface area (TPSA) is 37.3 Å². The maximum absolute atomic E-state index is 12.2. The second-order valence-electron chi connectivity index (χ2n) is 2.90. The van der Waals surface area contributed by atoms with Gasteiger partial charge in [0.2, 0.25) is 0 Å². The van der Waals surface area contributed by atoms with Gasteiger partial charge in [-0.2, -0.15) is 13.2 Å². The van der Waals surface area contributed by atoms with Crippen LogP contribution in [0.1, 0.15) is 17.5 Å². The van der Waals surface area contributed by atoms with Gasteiger partial charge in [0.15, 0.2) is 0 Å². The van der Waals surface area contributed by atoms with E-state index in [2.05, 4.69) is 11.8 Å². The van der Waals surface area contributed by atoms with Gasteiger partial charge in [-0.3, -0.25) is 0 Å². The molecule has 0 bridgehead atoms. The summed E-state index contributed by atoms with van der Waals surface area (Å²) >= 11 is 0. The van der Waals surface area contributed by atoms with Crippen LogP contribution in [-0.4, -0.2) is 11.4 Å². The van der Waals surface area contributed by atoms with E-state index in [1.807, 2.05) is 0 Å². The fourth-order valence-electron chi connectivity index (χ4n) is 1.00. The van der Waals surface area contributed by atoms with Crippen molar-refractivity contribution >= 4 is 6.29 Å². The van der Waals surface area contributed by atoms with Crippen molar-refractivity contribution in [3.8, 4) is 17.6 Å². The van der Waals surface area contributed by atoms with Crippen molar-refractivity contribution in [2.45, 2.75) is 12.6 Å². The van der Waals surface area contributed by atoms with E-state index in [9.17, 15) is 23.1 Å². The van der Waals surface area contributed by atoms with E-state index in [1.54, 1.807) is 0 Å². The van der Waals surface area contributed by atoms with E-state index in [0.29, 0.717) is 12.4 Å². The Morgan fingerprint density at radius 3 is 2.56 bits per heavy atom. The lowest BCUT2D eigenvalue weighted by Gasteiger charge is -2.07. The quantitative estimate of drug-likeness (QED) is 0.591. The molecule has 0 atom stereocenters. The molecule has 1 aromatic rings. The standard InChI is InChI=1S/C11H7F3O2/c12-11(13,14)9-5-4-8(10(16)7-9)3-1-2-6-15/h4-7,16H,2H2. The summed E-state index contributed by atoms with van der Waals surface area (Å²) in [5, 5.41) is 9.26. The molecule has 0 spiro atoms. The number of hydrogen-bond acceptors (Lipinski definition) is 2. The van der Waals surface area contributed by atoms with Gasteiger partial charge >= 0.3 is 6.18 Å². The van der Waals surface area contributed by atoms with Crippen LogP contribution in [0.4, 0.5) is 13.2 Å². The molecule has 0 aliphatic heterocycles. The third-order valence-electron chi connectivity index (χ3n) is 1.73. The van der Waals surface area contributed by atoms with Gasteiger partial charge in [0, 0.05) is 0 Å². The first-order chi connectivity index (χ1) is 7.45. The van der Waals surface area contributed by atoms with Crippen LogP contribution in [-0.2, 0) is 11.0 Å². The molecule has 5 heteroatoms. The van der Waals surface area contributed by atoms with E-state index < -0.39 is 17.5 Å². The number of phenolic OH excluding ortho intramolecular Hbond substituents is 1. The van der Waals surface area contributed by atoms with Gasteiger partial charge in [0.1, 0.15) is 12.0 Å². The first-order valence-electron chi connectivity index (χ1n) is 4.28. The Labute approximate surface area is 89.7 Å². The average Bonchev–Trinajstić information content (AvgIpc) is 2.19. The van der Waals surface area contributed by atoms with Gasteiger partial charge in [0.25, 0.3) is 0 Å². The smallest absolute Gasteiger partial charge is 0.416 e. The zero-order valence-corrected chi connectivity index (χ0v) is 8.01. The molecular weight excluding hydrogens is 221 g/mol. The highest BCUT2D eigenvalue weighted by Gasteiger charge is 2.30. The van der Waals surface area contributed by atoms with Gasteiger partial charge in [-0.15, -0.1) is 0 Å². The van der Waals surface area contributed by atoms with Crippen LogP contribution in [0.15, 0.2) is 18.2 Å². The van der Waals surface area contributed by atoms with Gasteiger partial charge < -0.3 is 9.90 Å². The number of aromatic hydroxyl groups is 1. The van der Waals surface area contributed by atoms with Gasteiger partial charge in [-0.25, -0.2) is 0 Å². The molecule has 0 aliphatic rings. The molecular formula is C11H7F3O2. The summed E-state index contributed by atoms with van der Waals surface area (Å²) in [5.41, 5.74) is -0.874. The van der Waals surface area contributed by atoms with Crippen LogP contribution >= 0.6 is 0 Å². The highest BCUT2D eigenvalue weighted by molar-refractivity contribution is 5.56. The zero-order valence-electron chi connectivity index (χ0n) is 8.01. The van der Waals surface area contributed by atoms with E-state index in [0.717, 1.165) is 12.1 Å². The van der Waals surface area contributed by atoms with Crippen molar-refractivity contribution < 1.29 is 23.1 Å². The monoisotopic (exact) mass is 228 g/mol. The Balaban J connectivity index is 3.02. The zero-order chi connectivity index (χ0) is 12.2. The van der Waals surface area contributed by atoms with Gasteiger partial charge in [0.05, 0.1) is 17.5 Å². The molecule has 0 unspecified atom stereocenters. The molecule has 0 amide bonds. The number of carbonyl (C=O) groups excluding carboxylic acids is 1. The predicted molar refractivity (Wildman–Crippen MR) is 50.7 cm³/mol. The van der Waals surface area contributed by atoms with Crippen LogP contribution in [0.5, 0.6) is 5.75 Å². The minimum atomic E-state index is -4.49. The van der Waals surface area contributed by atoms with Crippen LogP contribution in [0.25, 0.3) is 0 Å². The molecule has 0 aromatic heterocycles. The van der Waals surface area contributed by atoms with E-state index >= 15 is 0 Å². The fourth-order valence-corrected chi connectivity index (χ4v) is 1.00. The average molecular weight is 228 g/mol. The number of hydrogen-bond donors (Lipinski definition) is 1. The molecule has 0 heterocycles. The summed E-state index contributed by atoms with van der Waals surface area (Å²) in [4.78, 5) is 9.95. The molecule has 0 radical (unpaired) electrons. The number of alkyl halides is 3. The van der Waals surface area contributed by atoms with E-state index in [-0.39, 0.29) is 12.0 Å². The summed E-state index contributed by atoms with van der Waals surface area (Å²) in [6, 6.07) is 2.49. The van der Waals surface area contributed by atoms with Crippen molar-refractivity contribution in [3.63, 3.8) is 0 Å². The SMILES string of the molecule is O=CCC#Cc1ccc(C(F)(F)F)cc1O. The summed E-state index contributed by atoms with van der Waals surface area (Å²) in [6.45, 7) is 0. The third-order valence-corrected chi connectivity index (χ3v) is 1.73. The lowest BCUT2D eigenvalue weighted by molar-refractivity contribution is -0.137. The predicted octanol–water partition coefficient (Wildman–Crippen LogP) is 2.35. The van der Waals surface area contributed by atoms with Crippen LogP contribution in [0, 0.1) is 11.8 Å². The van der Waals surface area contributed by atoms with Crippen molar-refractivity contribution in [2.75, 3.05) is 0 Å². The van der Waals surface area contributed by atoms with Crippen LogP contribution in [0.2, 0.25) is 0 Å². The lowest BCUT2D eigenvalue weighted by atomic mass is 10.1. The highest BCUT2D eigenvalue weighted by atomic mass is 19.4. The van der Waals surface area contributed by atoms with E-state index in [4.69, 9.17) is 0 Å². The Morgan fingerprint density at radius 1 is 1.38 bits per heavy atom. The summed E-state index contributed by atoms with van der Waals surface area (Å²) in [7, 11) is 0. The maximum Gasteiger partial charge on any atom is 0.416 e. The molecule has 0 aliphatic carbocycles. The molecule has 1 rings (SSSR count). The highest BCUT2D eigenvalue weighted by Crippen LogP contribution is 2.32. The molecule has 0 fully saturated rings. The third kappa shape index (κ3) is 3.02. The second-order valence-corrected chi connectivity index (χ2v) is 2.90. The Hall–Kier alpha value is -1.96. The number of carbonyl (C=O) groups is 1. The van der Waals surface area contributed by atoms with Gasteiger partial charge in [-0.1, -0.05) is 11.8 Å². The normalized spacial score (nSPS) is 10.4. The minimum Gasteiger partial charge on any atom is -0.507 e. The maximum atomic E-state index is 12.2. The minimum absolute atomic E-state index is 0.0273. The van der Waals surface area contributed by atoms with Crippen LogP contribution in [0.3, 0.4) is 0 Å². The largest absolute Gasteiger partial charge is 0.507 e. The Morgan fingerprint density at radius 2 is 2.06 bits per heavy atom. The summed E-state index contributed by atoms with van der Waals surface area (Å²) in [6.07, 6.45) is -3.96. The molecule has 1 aromatic carbocycles. The van der Waals surface area contributed by atoms with Crippen LogP contribution < -0.4 is 0 Å². The number of aldehydes is 1. The van der Waals surface area contributed by atoms with Crippen molar-refractivity contribution in [3.05, 3.63) is 29.3 Å². The lowest BCUT2D eigenvalue weighted by Crippen LogP contribution is -2.04. The van der Waals surface area contributed by atoms with Crippen molar-refractivity contribution in [1.29, 1.82) is 0 Å². The first kappa shape index (κ1) is 12.1. The number of phenols is 1. The summed E-state index contributed by atoms with van der Waals surface area (Å²) < 4.78 is 36.6. The molecule has 0 saturated carbocycles. The molecule has 16 heavy (non-hydrogen) atoms. The Bertz CT molecular complexity index is 453. The van der Waals surface area contributed by atoms with Crippen molar-refractivity contribution in [1.82, 2.24) is 0 Å². The number of halogens is 3. The van der Waals surface area contributed by atoms with Gasteiger partial charge in [-0.05, 0) is 18.2 Å². The second kappa shape index (κ2) is 4.71. The number of benzene rings is 1.